The molecule has 1 aromatic rings. The Morgan fingerprint density at radius 1 is 1.50 bits per heavy atom. The Hall–Kier alpha value is -1.53. The highest BCUT2D eigenvalue weighted by Crippen LogP contribution is 2.26. The fraction of sp³-hybridized carbons (Fsp3) is 0.333. The molecule has 0 amide bonds. The molecule has 18 heavy (non-hydrogen) atoms. The van der Waals surface area contributed by atoms with Crippen LogP contribution in [0.5, 0.6) is 5.75 Å². The van der Waals surface area contributed by atoms with Gasteiger partial charge in [-0.15, -0.1) is 0 Å². The Morgan fingerprint density at radius 3 is 2.61 bits per heavy atom. The van der Waals surface area contributed by atoms with Gasteiger partial charge in [0.05, 0.1) is 17.7 Å². The van der Waals surface area contributed by atoms with Gasteiger partial charge in [0, 0.05) is 19.7 Å². The molecule has 0 aliphatic rings. The van der Waals surface area contributed by atoms with Crippen LogP contribution in [0, 0.1) is 0 Å². The molecule has 0 aromatic heterocycles. The number of hydrogen-bond acceptors (Lipinski definition) is 4. The maximum Gasteiger partial charge on any atom is 0.243 e. The van der Waals surface area contributed by atoms with E-state index in [1.54, 1.807) is 6.92 Å². The van der Waals surface area contributed by atoms with Crippen LogP contribution in [0.15, 0.2) is 35.2 Å². The Kier molecular flexibility index (Phi) is 4.37. The average Bonchev–Trinajstić information content (AvgIpc) is 2.28. The zero-order valence-corrected chi connectivity index (χ0v) is 11.6. The first kappa shape index (κ1) is 14.5. The van der Waals surface area contributed by atoms with E-state index in [9.17, 15) is 8.42 Å². The molecule has 0 heterocycles. The highest BCUT2D eigenvalue weighted by atomic mass is 32.2. The van der Waals surface area contributed by atoms with Crippen LogP contribution in [0.4, 0.5) is 5.69 Å². The maximum absolute atomic E-state index is 12.2. The molecule has 0 saturated heterocycles. The van der Waals surface area contributed by atoms with Crippen molar-refractivity contribution < 1.29 is 13.2 Å². The van der Waals surface area contributed by atoms with E-state index in [4.69, 9.17) is 10.5 Å². The van der Waals surface area contributed by atoms with Crippen LogP contribution in [0.1, 0.15) is 6.92 Å². The molecule has 0 aliphatic carbocycles. The third-order valence-corrected chi connectivity index (χ3v) is 4.21. The van der Waals surface area contributed by atoms with E-state index >= 15 is 0 Å². The average molecular weight is 270 g/mol. The lowest BCUT2D eigenvalue weighted by Gasteiger charge is -2.17. The third-order valence-electron chi connectivity index (χ3n) is 2.41. The molecule has 100 valence electrons. The second kappa shape index (κ2) is 5.41. The van der Waals surface area contributed by atoms with Gasteiger partial charge in [0.1, 0.15) is 5.75 Å². The Balaban J connectivity index is 3.16. The standard InChI is InChI=1S/C12H18N2O3S/c1-9(2)8-14(3)18(15,16)10-5-6-11(13)12(7-10)17-4/h5-7H,1,8,13H2,2-4H3. The van der Waals surface area contributed by atoms with E-state index in [1.165, 1.54) is 36.7 Å². The van der Waals surface area contributed by atoms with Gasteiger partial charge in [-0.05, 0) is 19.1 Å². The molecule has 2 N–H and O–H groups in total. The summed E-state index contributed by atoms with van der Waals surface area (Å²) in [4.78, 5) is 0.150. The second-order valence-corrected chi connectivity index (χ2v) is 6.17. The predicted octanol–water partition coefficient (Wildman–Crippen LogP) is 1.47. The van der Waals surface area contributed by atoms with E-state index in [0.29, 0.717) is 11.4 Å². The molecule has 0 unspecified atom stereocenters. The molecule has 5 nitrogen and oxygen atoms in total. The summed E-state index contributed by atoms with van der Waals surface area (Å²) in [5, 5.41) is 0. The van der Waals surface area contributed by atoms with Crippen LogP contribution >= 0.6 is 0 Å². The van der Waals surface area contributed by atoms with Crippen LogP contribution in [-0.2, 0) is 10.0 Å². The van der Waals surface area contributed by atoms with Gasteiger partial charge >= 0.3 is 0 Å². The zero-order chi connectivity index (χ0) is 13.9. The van der Waals surface area contributed by atoms with Crippen LogP contribution in [-0.4, -0.2) is 33.4 Å². The van der Waals surface area contributed by atoms with Crippen LogP contribution in [0.2, 0.25) is 0 Å². The smallest absolute Gasteiger partial charge is 0.243 e. The second-order valence-electron chi connectivity index (χ2n) is 4.12. The van der Waals surface area contributed by atoms with Gasteiger partial charge in [0.25, 0.3) is 0 Å². The maximum atomic E-state index is 12.2. The normalized spacial score (nSPS) is 11.6. The van der Waals surface area contributed by atoms with Crippen molar-refractivity contribution >= 4 is 15.7 Å². The fourth-order valence-electron chi connectivity index (χ4n) is 1.50. The Morgan fingerprint density at radius 2 is 2.11 bits per heavy atom. The molecule has 1 rings (SSSR count). The van der Waals surface area contributed by atoms with Gasteiger partial charge in [-0.25, -0.2) is 8.42 Å². The highest BCUT2D eigenvalue weighted by Gasteiger charge is 2.21. The van der Waals surface area contributed by atoms with E-state index < -0.39 is 10.0 Å². The first-order chi connectivity index (χ1) is 8.28. The van der Waals surface area contributed by atoms with Crippen molar-refractivity contribution in [1.82, 2.24) is 4.31 Å². The number of ether oxygens (including phenoxy) is 1. The zero-order valence-electron chi connectivity index (χ0n) is 10.8. The summed E-state index contributed by atoms with van der Waals surface area (Å²) < 4.78 is 30.7. The summed E-state index contributed by atoms with van der Waals surface area (Å²) in [5.74, 6) is 0.347. The van der Waals surface area contributed by atoms with Gasteiger partial charge in [0.15, 0.2) is 0 Å². The number of nitrogens with zero attached hydrogens (tertiary/aromatic N) is 1. The third kappa shape index (κ3) is 3.02. The summed E-state index contributed by atoms with van der Waals surface area (Å²) >= 11 is 0. The van der Waals surface area contributed by atoms with Crippen LogP contribution < -0.4 is 10.5 Å². The number of sulfonamides is 1. The molecule has 6 heteroatoms. The van der Waals surface area contributed by atoms with E-state index in [-0.39, 0.29) is 11.4 Å². The van der Waals surface area contributed by atoms with Gasteiger partial charge < -0.3 is 10.5 Å². The molecule has 0 fully saturated rings. The van der Waals surface area contributed by atoms with E-state index in [1.807, 2.05) is 0 Å². The Labute approximate surface area is 108 Å². The van der Waals surface area contributed by atoms with Crippen LogP contribution in [0.25, 0.3) is 0 Å². The van der Waals surface area contributed by atoms with Crippen molar-refractivity contribution in [1.29, 1.82) is 0 Å². The van der Waals surface area contributed by atoms with Gasteiger partial charge in [0.2, 0.25) is 10.0 Å². The van der Waals surface area contributed by atoms with Crippen molar-refractivity contribution in [2.75, 3.05) is 26.4 Å². The number of nitrogens with two attached hydrogens (primary N) is 1. The monoisotopic (exact) mass is 270 g/mol. The van der Waals surface area contributed by atoms with Crippen LogP contribution in [0.3, 0.4) is 0 Å². The molecular formula is C12H18N2O3S. The number of likely N-dealkylation sites (N-methyl/N-ethyl adjacent to an activating group) is 1. The highest BCUT2D eigenvalue weighted by molar-refractivity contribution is 7.89. The molecule has 0 spiro atoms. The largest absolute Gasteiger partial charge is 0.495 e. The number of anilines is 1. The molecule has 0 atom stereocenters. The number of rotatable bonds is 5. The summed E-state index contributed by atoms with van der Waals surface area (Å²) in [5.41, 5.74) is 6.82. The summed E-state index contributed by atoms with van der Waals surface area (Å²) in [7, 11) is -0.596. The first-order valence-electron chi connectivity index (χ1n) is 5.33. The quantitative estimate of drug-likeness (QED) is 0.649. The molecule has 0 aliphatic heterocycles. The minimum Gasteiger partial charge on any atom is -0.495 e. The van der Waals surface area contributed by atoms with Crippen molar-refractivity contribution in [3.8, 4) is 5.75 Å². The van der Waals surface area contributed by atoms with Gasteiger partial charge in [-0.2, -0.15) is 4.31 Å². The summed E-state index contributed by atoms with van der Waals surface area (Å²) in [6.45, 7) is 5.75. The minimum atomic E-state index is -3.55. The topological polar surface area (TPSA) is 72.6 Å². The molecular weight excluding hydrogens is 252 g/mol. The number of methoxy groups -OCH3 is 1. The lowest BCUT2D eigenvalue weighted by Crippen LogP contribution is -2.28. The van der Waals surface area contributed by atoms with Crippen molar-refractivity contribution in [3.05, 3.63) is 30.4 Å². The first-order valence-corrected chi connectivity index (χ1v) is 6.77. The lowest BCUT2D eigenvalue weighted by atomic mass is 10.3. The van der Waals surface area contributed by atoms with Crippen molar-refractivity contribution in [2.24, 2.45) is 0 Å². The molecule has 1 aromatic carbocycles. The van der Waals surface area contributed by atoms with E-state index in [2.05, 4.69) is 6.58 Å². The van der Waals surface area contributed by atoms with Gasteiger partial charge in [-0.3, -0.25) is 0 Å². The van der Waals surface area contributed by atoms with Crippen molar-refractivity contribution in [3.63, 3.8) is 0 Å². The number of hydrogen-bond donors (Lipinski definition) is 1. The Bertz CT molecular complexity index is 552. The summed E-state index contributed by atoms with van der Waals surface area (Å²) in [6.07, 6.45) is 0. The molecule has 0 radical (unpaired) electrons. The van der Waals surface area contributed by atoms with E-state index in [0.717, 1.165) is 5.57 Å². The minimum absolute atomic E-state index is 0.150. The molecule has 0 bridgehead atoms. The lowest BCUT2D eigenvalue weighted by molar-refractivity contribution is 0.415. The van der Waals surface area contributed by atoms with Gasteiger partial charge in [-0.1, -0.05) is 12.2 Å². The van der Waals surface area contributed by atoms with Crippen molar-refractivity contribution in [2.45, 2.75) is 11.8 Å². The summed E-state index contributed by atoms with van der Waals surface area (Å²) in [6, 6.07) is 4.39. The predicted molar refractivity (Wildman–Crippen MR) is 72.0 cm³/mol. The number of nitrogen functional groups attached to an aromatic ring is 1. The SMILES string of the molecule is C=C(C)CN(C)S(=O)(=O)c1ccc(N)c(OC)c1. The number of benzene rings is 1. The fourth-order valence-corrected chi connectivity index (χ4v) is 2.74. The molecule has 0 saturated carbocycles.